The second kappa shape index (κ2) is 5.88. The maximum atomic E-state index is 5.40. The van der Waals surface area contributed by atoms with Crippen LogP contribution in [0.25, 0.3) is 0 Å². The van der Waals surface area contributed by atoms with Crippen molar-refractivity contribution in [2.75, 3.05) is 25.1 Å². The first-order chi connectivity index (χ1) is 10.1. The van der Waals surface area contributed by atoms with Crippen LogP contribution >= 0.6 is 0 Å². The van der Waals surface area contributed by atoms with Crippen molar-refractivity contribution in [2.24, 2.45) is 11.8 Å². The predicted octanol–water partition coefficient (Wildman–Crippen LogP) is 3.22. The molecule has 3 nitrogen and oxygen atoms in total. The minimum atomic E-state index is 0.577. The van der Waals surface area contributed by atoms with E-state index in [1.54, 1.807) is 7.11 Å². The molecular weight excluding hydrogens is 260 g/mol. The lowest BCUT2D eigenvalue weighted by Gasteiger charge is -2.44. The van der Waals surface area contributed by atoms with Crippen LogP contribution in [0.5, 0.6) is 5.75 Å². The van der Waals surface area contributed by atoms with Gasteiger partial charge in [0.2, 0.25) is 0 Å². The van der Waals surface area contributed by atoms with E-state index >= 15 is 0 Å². The molecule has 1 N–H and O–H groups in total. The summed E-state index contributed by atoms with van der Waals surface area (Å²) in [6.07, 6.45) is 2.80. The van der Waals surface area contributed by atoms with Crippen LogP contribution in [0.15, 0.2) is 18.2 Å². The highest BCUT2D eigenvalue weighted by molar-refractivity contribution is 5.54. The van der Waals surface area contributed by atoms with Crippen LogP contribution in [0.2, 0.25) is 0 Å². The fourth-order valence-electron chi connectivity index (χ4n) is 3.54. The number of rotatable bonds is 4. The summed E-state index contributed by atoms with van der Waals surface area (Å²) in [5, 5.41) is 3.78. The Balaban J connectivity index is 1.85. The van der Waals surface area contributed by atoms with Crippen molar-refractivity contribution >= 4 is 5.69 Å². The number of anilines is 1. The Bertz CT molecular complexity index is 496. The van der Waals surface area contributed by atoms with Gasteiger partial charge < -0.3 is 15.0 Å². The number of nitrogens with one attached hydrogen (secondary N) is 1. The van der Waals surface area contributed by atoms with Crippen LogP contribution in [0.3, 0.4) is 0 Å². The number of ether oxygens (including phenoxy) is 1. The van der Waals surface area contributed by atoms with Crippen LogP contribution in [0.1, 0.15) is 32.3 Å². The molecule has 0 aromatic heterocycles. The van der Waals surface area contributed by atoms with Gasteiger partial charge in [-0.3, -0.25) is 0 Å². The molecule has 0 radical (unpaired) electrons. The van der Waals surface area contributed by atoms with E-state index in [2.05, 4.69) is 49.2 Å². The van der Waals surface area contributed by atoms with E-state index in [0.29, 0.717) is 18.0 Å². The van der Waals surface area contributed by atoms with Crippen LogP contribution in [0.4, 0.5) is 5.69 Å². The van der Waals surface area contributed by atoms with E-state index < -0.39 is 0 Å². The number of benzene rings is 1. The quantitative estimate of drug-likeness (QED) is 0.920. The average Bonchev–Trinajstić information content (AvgIpc) is 3.31. The van der Waals surface area contributed by atoms with Crippen molar-refractivity contribution in [3.63, 3.8) is 0 Å². The molecule has 3 heteroatoms. The Labute approximate surface area is 128 Å². The zero-order valence-corrected chi connectivity index (χ0v) is 13.7. The normalized spacial score (nSPS) is 26.2. The molecule has 0 spiro atoms. The Morgan fingerprint density at radius 3 is 2.62 bits per heavy atom. The van der Waals surface area contributed by atoms with Gasteiger partial charge in [-0.15, -0.1) is 0 Å². The van der Waals surface area contributed by atoms with Gasteiger partial charge in [-0.1, -0.05) is 13.8 Å². The third-order valence-electron chi connectivity index (χ3n) is 5.05. The molecule has 0 amide bonds. The molecule has 1 heterocycles. The maximum absolute atomic E-state index is 5.40. The van der Waals surface area contributed by atoms with Crippen molar-refractivity contribution in [3.8, 4) is 5.75 Å². The number of aryl methyl sites for hydroxylation is 1. The predicted molar refractivity (Wildman–Crippen MR) is 88.2 cm³/mol. The summed E-state index contributed by atoms with van der Waals surface area (Å²) < 4.78 is 5.40. The maximum Gasteiger partial charge on any atom is 0.121 e. The topological polar surface area (TPSA) is 24.5 Å². The largest absolute Gasteiger partial charge is 0.496 e. The van der Waals surface area contributed by atoms with Crippen LogP contribution in [-0.2, 0) is 0 Å². The summed E-state index contributed by atoms with van der Waals surface area (Å²) >= 11 is 0. The molecular formula is C18H28N2O. The molecule has 1 aromatic carbocycles. The molecule has 2 atom stereocenters. The molecule has 21 heavy (non-hydrogen) atoms. The lowest BCUT2D eigenvalue weighted by molar-refractivity contribution is 0.320. The van der Waals surface area contributed by atoms with Gasteiger partial charge in [0.15, 0.2) is 0 Å². The molecule has 1 aromatic rings. The Morgan fingerprint density at radius 2 is 2.05 bits per heavy atom. The molecule has 1 saturated carbocycles. The fourth-order valence-corrected chi connectivity index (χ4v) is 3.54. The molecule has 1 aliphatic heterocycles. The average molecular weight is 288 g/mol. The minimum Gasteiger partial charge on any atom is -0.496 e. The molecule has 1 aliphatic carbocycles. The third kappa shape index (κ3) is 3.03. The molecule has 2 aliphatic rings. The van der Waals surface area contributed by atoms with E-state index in [-0.39, 0.29) is 0 Å². The second-order valence-corrected chi connectivity index (χ2v) is 6.97. The number of methoxy groups -OCH3 is 1. The molecule has 116 valence electrons. The molecule has 0 bridgehead atoms. The van der Waals surface area contributed by atoms with Crippen molar-refractivity contribution in [3.05, 3.63) is 23.8 Å². The Morgan fingerprint density at radius 1 is 1.29 bits per heavy atom. The summed E-state index contributed by atoms with van der Waals surface area (Å²) in [6.45, 7) is 9.02. The first-order valence-electron chi connectivity index (χ1n) is 8.25. The highest BCUT2D eigenvalue weighted by atomic mass is 16.5. The van der Waals surface area contributed by atoms with Crippen molar-refractivity contribution in [2.45, 2.75) is 45.7 Å². The third-order valence-corrected chi connectivity index (χ3v) is 5.05. The first kappa shape index (κ1) is 14.7. The number of hydrogen-bond acceptors (Lipinski definition) is 3. The van der Waals surface area contributed by atoms with E-state index in [1.165, 1.54) is 24.1 Å². The monoisotopic (exact) mass is 288 g/mol. The zero-order chi connectivity index (χ0) is 15.0. The molecule has 2 unspecified atom stereocenters. The van der Waals surface area contributed by atoms with Gasteiger partial charge in [-0.25, -0.2) is 0 Å². The van der Waals surface area contributed by atoms with Gasteiger partial charge in [-0.05, 0) is 55.4 Å². The highest BCUT2D eigenvalue weighted by Crippen LogP contribution is 2.36. The van der Waals surface area contributed by atoms with E-state index in [4.69, 9.17) is 4.74 Å². The first-order valence-corrected chi connectivity index (χ1v) is 8.25. The van der Waals surface area contributed by atoms with Gasteiger partial charge >= 0.3 is 0 Å². The van der Waals surface area contributed by atoms with E-state index in [1.807, 2.05) is 0 Å². The number of nitrogens with zero attached hydrogens (tertiary/aromatic N) is 1. The highest BCUT2D eigenvalue weighted by Gasteiger charge is 2.38. The summed E-state index contributed by atoms with van der Waals surface area (Å²) in [5.41, 5.74) is 2.57. The summed E-state index contributed by atoms with van der Waals surface area (Å²) in [4.78, 5) is 2.62. The lowest BCUT2D eigenvalue weighted by atomic mass is 9.96. The van der Waals surface area contributed by atoms with Crippen LogP contribution in [0, 0.1) is 18.8 Å². The van der Waals surface area contributed by atoms with Crippen LogP contribution < -0.4 is 15.0 Å². The Kier molecular flexibility index (Phi) is 4.12. The van der Waals surface area contributed by atoms with E-state index in [0.717, 1.165) is 24.8 Å². The van der Waals surface area contributed by atoms with Gasteiger partial charge in [0.25, 0.3) is 0 Å². The minimum absolute atomic E-state index is 0.577. The summed E-state index contributed by atoms with van der Waals surface area (Å²) in [5.74, 6) is 2.54. The van der Waals surface area contributed by atoms with Crippen molar-refractivity contribution in [1.29, 1.82) is 0 Å². The fraction of sp³-hybridized carbons (Fsp3) is 0.667. The lowest BCUT2D eigenvalue weighted by Crippen LogP contribution is -2.59. The van der Waals surface area contributed by atoms with Gasteiger partial charge in [0.1, 0.15) is 5.75 Å². The molecule has 2 fully saturated rings. The van der Waals surface area contributed by atoms with Gasteiger partial charge in [-0.2, -0.15) is 0 Å². The second-order valence-electron chi connectivity index (χ2n) is 6.97. The standard InChI is InChI=1S/C18H28N2O/c1-12(2)17-10-19-16(14-5-6-14)11-20(17)15-7-8-18(21-4)13(3)9-15/h7-9,12,14,16-17,19H,5-6,10-11H2,1-4H3. The molecule has 1 saturated heterocycles. The summed E-state index contributed by atoms with van der Waals surface area (Å²) in [7, 11) is 1.74. The summed E-state index contributed by atoms with van der Waals surface area (Å²) in [6, 6.07) is 7.85. The smallest absolute Gasteiger partial charge is 0.121 e. The number of piperazine rings is 1. The Hall–Kier alpha value is -1.22. The zero-order valence-electron chi connectivity index (χ0n) is 13.7. The van der Waals surface area contributed by atoms with E-state index in [9.17, 15) is 0 Å². The van der Waals surface area contributed by atoms with Crippen LogP contribution in [-0.4, -0.2) is 32.3 Å². The SMILES string of the molecule is COc1ccc(N2CC(C3CC3)NCC2C(C)C)cc1C. The van der Waals surface area contributed by atoms with Gasteiger partial charge in [0.05, 0.1) is 7.11 Å². The van der Waals surface area contributed by atoms with Crippen molar-refractivity contribution in [1.82, 2.24) is 5.32 Å². The van der Waals surface area contributed by atoms with Gasteiger partial charge in [0, 0.05) is 30.9 Å². The number of hydrogen-bond donors (Lipinski definition) is 1. The van der Waals surface area contributed by atoms with Crippen molar-refractivity contribution < 1.29 is 4.74 Å². The molecule has 3 rings (SSSR count).